The van der Waals surface area contributed by atoms with Crippen molar-refractivity contribution < 1.29 is 4.79 Å². The lowest BCUT2D eigenvalue weighted by Gasteiger charge is -2.20. The SMILES string of the molecule is CCCC[C@@H]1C[C@@H]1C(NC(=O)c1ccc(-c2ccccc2)cc1)c1ccc(-c2ccccc2)cc1. The topological polar surface area (TPSA) is 29.1 Å². The van der Waals surface area contributed by atoms with Gasteiger partial charge in [0.05, 0.1) is 6.04 Å². The van der Waals surface area contributed by atoms with Gasteiger partial charge < -0.3 is 5.32 Å². The van der Waals surface area contributed by atoms with Gasteiger partial charge in [0.2, 0.25) is 0 Å². The zero-order valence-electron chi connectivity index (χ0n) is 20.4. The van der Waals surface area contributed by atoms with E-state index in [-0.39, 0.29) is 11.9 Å². The smallest absolute Gasteiger partial charge is 0.251 e. The maximum Gasteiger partial charge on any atom is 0.251 e. The maximum absolute atomic E-state index is 13.3. The minimum absolute atomic E-state index is 0.00268. The van der Waals surface area contributed by atoms with Crippen molar-refractivity contribution in [3.05, 3.63) is 120 Å². The van der Waals surface area contributed by atoms with Crippen LogP contribution in [0.1, 0.15) is 54.6 Å². The van der Waals surface area contributed by atoms with Gasteiger partial charge in [-0.25, -0.2) is 0 Å². The zero-order valence-corrected chi connectivity index (χ0v) is 20.4. The Morgan fingerprint density at radius 2 is 1.26 bits per heavy atom. The molecule has 0 saturated heterocycles. The van der Waals surface area contributed by atoms with Gasteiger partial charge in [-0.15, -0.1) is 0 Å². The Kier molecular flexibility index (Phi) is 7.09. The summed E-state index contributed by atoms with van der Waals surface area (Å²) in [7, 11) is 0. The molecule has 1 fully saturated rings. The van der Waals surface area contributed by atoms with E-state index in [2.05, 4.69) is 72.9 Å². The van der Waals surface area contributed by atoms with Gasteiger partial charge in [0, 0.05) is 5.56 Å². The monoisotopic (exact) mass is 459 g/mol. The fraction of sp³-hybridized carbons (Fsp3) is 0.242. The fourth-order valence-corrected chi connectivity index (χ4v) is 5.10. The van der Waals surface area contributed by atoms with E-state index in [1.807, 2.05) is 48.5 Å². The molecule has 1 unspecified atom stereocenters. The van der Waals surface area contributed by atoms with Crippen molar-refractivity contribution in [2.45, 2.75) is 38.6 Å². The number of amides is 1. The quantitative estimate of drug-likeness (QED) is 0.268. The van der Waals surface area contributed by atoms with Crippen LogP contribution < -0.4 is 5.32 Å². The third-order valence-electron chi connectivity index (χ3n) is 7.25. The van der Waals surface area contributed by atoms with Crippen LogP contribution in [-0.4, -0.2) is 5.91 Å². The minimum Gasteiger partial charge on any atom is -0.345 e. The van der Waals surface area contributed by atoms with Gasteiger partial charge in [0.1, 0.15) is 0 Å². The summed E-state index contributed by atoms with van der Waals surface area (Å²) in [6, 6.07) is 37.5. The van der Waals surface area contributed by atoms with Gasteiger partial charge in [-0.3, -0.25) is 4.79 Å². The number of unbranched alkanes of at least 4 members (excludes halogenated alkanes) is 1. The largest absolute Gasteiger partial charge is 0.345 e. The number of hydrogen-bond acceptors (Lipinski definition) is 1. The summed E-state index contributed by atoms with van der Waals surface area (Å²) in [5, 5.41) is 3.40. The molecular formula is C33H33NO. The third kappa shape index (κ3) is 5.54. The highest BCUT2D eigenvalue weighted by Gasteiger charge is 2.43. The molecule has 0 spiro atoms. The van der Waals surface area contributed by atoms with Gasteiger partial charge in [0.15, 0.2) is 0 Å². The first-order valence-corrected chi connectivity index (χ1v) is 12.8. The van der Waals surface area contributed by atoms with Gasteiger partial charge in [-0.1, -0.05) is 123 Å². The van der Waals surface area contributed by atoms with E-state index in [4.69, 9.17) is 0 Å². The Labute approximate surface area is 209 Å². The van der Waals surface area contributed by atoms with Crippen molar-refractivity contribution >= 4 is 5.91 Å². The summed E-state index contributed by atoms with van der Waals surface area (Å²) < 4.78 is 0. The molecule has 0 heterocycles. The second-order valence-corrected chi connectivity index (χ2v) is 9.68. The summed E-state index contributed by atoms with van der Waals surface area (Å²) in [5.74, 6) is 1.22. The van der Waals surface area contributed by atoms with Gasteiger partial charge in [-0.05, 0) is 58.2 Å². The molecule has 1 aliphatic rings. The molecule has 1 amide bonds. The number of nitrogens with one attached hydrogen (secondary N) is 1. The van der Waals surface area contributed by atoms with E-state index in [9.17, 15) is 4.79 Å². The van der Waals surface area contributed by atoms with Gasteiger partial charge >= 0.3 is 0 Å². The lowest BCUT2D eigenvalue weighted by Crippen LogP contribution is -2.30. The molecule has 4 aromatic carbocycles. The molecule has 35 heavy (non-hydrogen) atoms. The van der Waals surface area contributed by atoms with Crippen molar-refractivity contribution in [2.24, 2.45) is 11.8 Å². The molecule has 0 bridgehead atoms. The standard InChI is InChI=1S/C33H33NO/c1-2-3-10-30-23-31(30)32(28-19-15-26(16-20-28)24-11-6-4-7-12-24)34-33(35)29-21-17-27(18-22-29)25-13-8-5-9-14-25/h4-9,11-22,30-32H,2-3,10,23H2,1H3,(H,34,35)/t30-,31+,32?/m1/s1. The highest BCUT2D eigenvalue weighted by Crippen LogP contribution is 2.50. The Bertz CT molecular complexity index is 1230. The molecule has 4 aromatic rings. The molecule has 1 aliphatic carbocycles. The van der Waals surface area contributed by atoms with Crippen LogP contribution in [0.2, 0.25) is 0 Å². The molecule has 2 heteroatoms. The zero-order chi connectivity index (χ0) is 24.0. The lowest BCUT2D eigenvalue weighted by molar-refractivity contribution is 0.0930. The fourth-order valence-electron chi connectivity index (χ4n) is 5.10. The maximum atomic E-state index is 13.3. The van der Waals surface area contributed by atoms with Crippen LogP contribution in [0.4, 0.5) is 0 Å². The average Bonchev–Trinajstić information content (AvgIpc) is 3.71. The first kappa shape index (κ1) is 23.1. The van der Waals surface area contributed by atoms with Gasteiger partial charge in [0.25, 0.3) is 5.91 Å². The molecular weight excluding hydrogens is 426 g/mol. The van der Waals surface area contributed by atoms with E-state index < -0.39 is 0 Å². The summed E-state index contributed by atoms with van der Waals surface area (Å²) in [6.07, 6.45) is 4.93. The van der Waals surface area contributed by atoms with E-state index in [0.29, 0.717) is 17.4 Å². The van der Waals surface area contributed by atoms with E-state index in [1.54, 1.807) is 0 Å². The second kappa shape index (κ2) is 10.7. The van der Waals surface area contributed by atoms with Crippen LogP contribution in [0.5, 0.6) is 0 Å². The molecule has 0 aliphatic heterocycles. The molecule has 0 radical (unpaired) electrons. The Hall–Kier alpha value is -3.65. The highest BCUT2D eigenvalue weighted by atomic mass is 16.1. The van der Waals surface area contributed by atoms with Crippen LogP contribution in [0.15, 0.2) is 109 Å². The van der Waals surface area contributed by atoms with Crippen molar-refractivity contribution in [3.63, 3.8) is 0 Å². The Morgan fingerprint density at radius 3 is 1.80 bits per heavy atom. The predicted molar refractivity (Wildman–Crippen MR) is 145 cm³/mol. The second-order valence-electron chi connectivity index (χ2n) is 9.68. The molecule has 0 aromatic heterocycles. The first-order valence-electron chi connectivity index (χ1n) is 12.8. The molecule has 3 atom stereocenters. The number of rotatable bonds is 9. The van der Waals surface area contributed by atoms with Crippen molar-refractivity contribution in [3.8, 4) is 22.3 Å². The van der Waals surface area contributed by atoms with E-state index in [1.165, 1.54) is 42.4 Å². The Morgan fingerprint density at radius 1 is 0.743 bits per heavy atom. The van der Waals surface area contributed by atoms with Crippen LogP contribution in [0.25, 0.3) is 22.3 Å². The van der Waals surface area contributed by atoms with Crippen molar-refractivity contribution in [1.29, 1.82) is 0 Å². The number of hydrogen-bond donors (Lipinski definition) is 1. The van der Waals surface area contributed by atoms with Crippen LogP contribution >= 0.6 is 0 Å². The molecule has 176 valence electrons. The first-order chi connectivity index (χ1) is 17.2. The summed E-state index contributed by atoms with van der Waals surface area (Å²) in [6.45, 7) is 2.25. The van der Waals surface area contributed by atoms with Crippen molar-refractivity contribution in [1.82, 2.24) is 5.32 Å². The van der Waals surface area contributed by atoms with Crippen LogP contribution in [-0.2, 0) is 0 Å². The van der Waals surface area contributed by atoms with Crippen LogP contribution in [0.3, 0.4) is 0 Å². The molecule has 1 saturated carbocycles. The van der Waals surface area contributed by atoms with E-state index >= 15 is 0 Å². The molecule has 1 N–H and O–H groups in total. The van der Waals surface area contributed by atoms with Crippen molar-refractivity contribution in [2.75, 3.05) is 0 Å². The molecule has 2 nitrogen and oxygen atoms in total. The number of benzene rings is 4. The average molecular weight is 460 g/mol. The normalized spacial score (nSPS) is 17.5. The summed E-state index contributed by atoms with van der Waals surface area (Å²) in [4.78, 5) is 13.3. The molecule has 5 rings (SSSR count). The van der Waals surface area contributed by atoms with Gasteiger partial charge in [-0.2, -0.15) is 0 Å². The lowest BCUT2D eigenvalue weighted by atomic mass is 9.96. The third-order valence-corrected chi connectivity index (χ3v) is 7.25. The Balaban J connectivity index is 1.34. The highest BCUT2D eigenvalue weighted by molar-refractivity contribution is 5.95. The minimum atomic E-state index is 0.00268. The summed E-state index contributed by atoms with van der Waals surface area (Å²) >= 11 is 0. The predicted octanol–water partition coefficient (Wildman–Crippen LogP) is 8.32. The summed E-state index contributed by atoms with van der Waals surface area (Å²) in [5.41, 5.74) is 6.61. The van der Waals surface area contributed by atoms with E-state index in [0.717, 1.165) is 11.1 Å². The number of carbonyl (C=O) groups is 1. The number of carbonyl (C=O) groups excluding carboxylic acids is 1. The van der Waals surface area contributed by atoms with Crippen LogP contribution in [0, 0.1) is 11.8 Å².